The molecule has 1 heterocycles. The number of nitrogen functional groups attached to an aromatic ring is 1. The Labute approximate surface area is 88.5 Å². The molecule has 2 nitrogen and oxygen atoms in total. The molecule has 0 saturated carbocycles. The molecule has 0 atom stereocenters. The Balaban J connectivity index is 2.85. The zero-order valence-electron chi connectivity index (χ0n) is 9.21. The van der Waals surface area contributed by atoms with E-state index in [1.54, 1.807) is 6.07 Å². The maximum absolute atomic E-state index is 13.7. The molecule has 80 valence electrons. The lowest BCUT2D eigenvalue weighted by molar-refractivity contribution is 0.406. The van der Waals surface area contributed by atoms with E-state index in [1.807, 2.05) is 37.5 Å². The third-order valence-corrected chi connectivity index (χ3v) is 2.54. The average Bonchev–Trinajstić information content (AvgIpc) is 2.44. The van der Waals surface area contributed by atoms with Gasteiger partial charge in [-0.25, -0.2) is 4.39 Å². The van der Waals surface area contributed by atoms with Crippen molar-refractivity contribution in [1.29, 1.82) is 0 Å². The molecule has 2 N–H and O–H groups in total. The van der Waals surface area contributed by atoms with E-state index in [9.17, 15) is 4.39 Å². The molecule has 0 unspecified atom stereocenters. The van der Waals surface area contributed by atoms with Crippen LogP contribution in [0.5, 0.6) is 0 Å². The van der Waals surface area contributed by atoms with Gasteiger partial charge < -0.3 is 10.3 Å². The molecule has 3 heteroatoms. The van der Waals surface area contributed by atoms with Crippen LogP contribution >= 0.6 is 0 Å². The number of fused-ring (bicyclic) bond motifs is 1. The number of aromatic nitrogens is 1. The van der Waals surface area contributed by atoms with Crippen molar-refractivity contribution in [2.45, 2.75) is 26.3 Å². The Kier molecular flexibility index (Phi) is 2.00. The summed E-state index contributed by atoms with van der Waals surface area (Å²) in [6.07, 6.45) is 1.51. The number of hydrogen-bond donors (Lipinski definition) is 1. The summed E-state index contributed by atoms with van der Waals surface area (Å²) in [7, 11) is 0. The van der Waals surface area contributed by atoms with Gasteiger partial charge >= 0.3 is 0 Å². The van der Waals surface area contributed by atoms with Gasteiger partial charge in [-0.2, -0.15) is 0 Å². The first-order chi connectivity index (χ1) is 6.91. The molecule has 0 aliphatic heterocycles. The van der Waals surface area contributed by atoms with E-state index in [0.29, 0.717) is 11.1 Å². The van der Waals surface area contributed by atoms with E-state index in [-0.39, 0.29) is 11.4 Å². The molecule has 0 aliphatic carbocycles. The fraction of sp³-hybridized carbons (Fsp3) is 0.333. The smallest absolute Gasteiger partial charge is 0.150 e. The van der Waals surface area contributed by atoms with Gasteiger partial charge in [-0.15, -0.1) is 0 Å². The summed E-state index contributed by atoms with van der Waals surface area (Å²) in [4.78, 5) is 0. The van der Waals surface area contributed by atoms with E-state index >= 15 is 0 Å². The van der Waals surface area contributed by atoms with Gasteiger partial charge in [0.15, 0.2) is 5.82 Å². The Bertz CT molecular complexity index is 506. The van der Waals surface area contributed by atoms with Crippen LogP contribution in [-0.4, -0.2) is 4.57 Å². The normalized spacial score (nSPS) is 12.3. The van der Waals surface area contributed by atoms with E-state index < -0.39 is 0 Å². The van der Waals surface area contributed by atoms with Crippen molar-refractivity contribution in [1.82, 2.24) is 4.57 Å². The minimum atomic E-state index is -0.252. The number of halogens is 1. The van der Waals surface area contributed by atoms with Crippen LogP contribution in [-0.2, 0) is 5.54 Å². The molecule has 0 fully saturated rings. The fourth-order valence-corrected chi connectivity index (χ4v) is 1.82. The van der Waals surface area contributed by atoms with Gasteiger partial charge in [0.25, 0.3) is 0 Å². The monoisotopic (exact) mass is 206 g/mol. The van der Waals surface area contributed by atoms with Gasteiger partial charge in [0, 0.05) is 17.4 Å². The number of anilines is 1. The van der Waals surface area contributed by atoms with Crippen LogP contribution in [0.1, 0.15) is 20.8 Å². The molecule has 0 spiro atoms. The van der Waals surface area contributed by atoms with Gasteiger partial charge in [0.2, 0.25) is 0 Å². The molecule has 1 aromatic heterocycles. The molecule has 0 bridgehead atoms. The Morgan fingerprint density at radius 2 is 1.93 bits per heavy atom. The van der Waals surface area contributed by atoms with Crippen LogP contribution in [0, 0.1) is 5.82 Å². The Morgan fingerprint density at radius 1 is 1.27 bits per heavy atom. The van der Waals surface area contributed by atoms with Crippen molar-refractivity contribution in [2.75, 3.05) is 5.73 Å². The van der Waals surface area contributed by atoms with Gasteiger partial charge in [-0.05, 0) is 32.9 Å². The highest BCUT2D eigenvalue weighted by Crippen LogP contribution is 2.29. The predicted molar refractivity (Wildman–Crippen MR) is 61.3 cm³/mol. The van der Waals surface area contributed by atoms with Gasteiger partial charge in [0.1, 0.15) is 0 Å². The topological polar surface area (TPSA) is 30.9 Å². The first-order valence-electron chi connectivity index (χ1n) is 4.97. The van der Waals surface area contributed by atoms with E-state index in [1.165, 1.54) is 6.20 Å². The minimum absolute atomic E-state index is 0.142. The van der Waals surface area contributed by atoms with E-state index in [2.05, 4.69) is 0 Å². The van der Waals surface area contributed by atoms with Crippen LogP contribution in [0.2, 0.25) is 0 Å². The number of nitrogens with two attached hydrogens (primary N) is 1. The number of hydrogen-bond acceptors (Lipinski definition) is 1. The summed E-state index contributed by atoms with van der Waals surface area (Å²) in [5.41, 5.74) is 6.96. The summed E-state index contributed by atoms with van der Waals surface area (Å²) in [5, 5.41) is 0.521. The van der Waals surface area contributed by atoms with Crippen LogP contribution in [0.15, 0.2) is 24.4 Å². The Morgan fingerprint density at radius 3 is 2.53 bits per heavy atom. The zero-order valence-corrected chi connectivity index (χ0v) is 9.21. The van der Waals surface area contributed by atoms with Gasteiger partial charge in [0.05, 0.1) is 10.9 Å². The quantitative estimate of drug-likeness (QED) is 0.660. The SMILES string of the molecule is CC(C)(C)n1cc(F)c2c(N)cccc21. The zero-order chi connectivity index (χ0) is 11.2. The van der Waals surface area contributed by atoms with Crippen LogP contribution in [0.4, 0.5) is 10.1 Å². The molecular weight excluding hydrogens is 191 g/mol. The lowest BCUT2D eigenvalue weighted by Gasteiger charge is -2.22. The molecule has 0 amide bonds. The van der Waals surface area contributed by atoms with Crippen LogP contribution in [0.25, 0.3) is 10.9 Å². The summed E-state index contributed by atoms with van der Waals surface area (Å²) in [5.74, 6) is -0.252. The Hall–Kier alpha value is -1.51. The largest absolute Gasteiger partial charge is 0.398 e. The number of nitrogens with zero attached hydrogens (tertiary/aromatic N) is 1. The standard InChI is InChI=1S/C12H15FN2/c1-12(2,3)15-7-8(13)11-9(14)5-4-6-10(11)15/h4-7H,14H2,1-3H3. The van der Waals surface area contributed by atoms with Crippen LogP contribution < -0.4 is 5.73 Å². The highest BCUT2D eigenvalue weighted by atomic mass is 19.1. The maximum Gasteiger partial charge on any atom is 0.150 e. The molecule has 2 aromatic rings. The molecule has 2 rings (SSSR count). The fourth-order valence-electron chi connectivity index (χ4n) is 1.82. The summed E-state index contributed by atoms with van der Waals surface area (Å²) < 4.78 is 15.6. The second kappa shape index (κ2) is 2.99. The lowest BCUT2D eigenvalue weighted by atomic mass is 10.1. The second-order valence-electron chi connectivity index (χ2n) is 4.76. The van der Waals surface area contributed by atoms with E-state index in [0.717, 1.165) is 5.52 Å². The van der Waals surface area contributed by atoms with Crippen molar-refractivity contribution in [2.24, 2.45) is 0 Å². The third kappa shape index (κ3) is 1.48. The molecule has 0 aliphatic rings. The summed E-state index contributed by atoms with van der Waals surface area (Å²) in [6.45, 7) is 6.11. The van der Waals surface area contributed by atoms with Crippen molar-refractivity contribution in [3.05, 3.63) is 30.2 Å². The summed E-state index contributed by atoms with van der Waals surface area (Å²) >= 11 is 0. The highest BCUT2D eigenvalue weighted by molar-refractivity contribution is 5.92. The van der Waals surface area contributed by atoms with Gasteiger partial charge in [-0.3, -0.25) is 0 Å². The molecule has 15 heavy (non-hydrogen) atoms. The third-order valence-electron chi connectivity index (χ3n) is 2.54. The number of rotatable bonds is 0. The lowest BCUT2D eigenvalue weighted by Crippen LogP contribution is -2.20. The van der Waals surface area contributed by atoms with Crippen LogP contribution in [0.3, 0.4) is 0 Å². The minimum Gasteiger partial charge on any atom is -0.398 e. The van der Waals surface area contributed by atoms with Crippen molar-refractivity contribution < 1.29 is 4.39 Å². The van der Waals surface area contributed by atoms with Crippen molar-refractivity contribution in [3.8, 4) is 0 Å². The van der Waals surface area contributed by atoms with Crippen molar-refractivity contribution in [3.63, 3.8) is 0 Å². The summed E-state index contributed by atoms with van der Waals surface area (Å²) in [6, 6.07) is 5.46. The van der Waals surface area contributed by atoms with E-state index in [4.69, 9.17) is 5.73 Å². The highest BCUT2D eigenvalue weighted by Gasteiger charge is 2.19. The molecule has 0 radical (unpaired) electrons. The average molecular weight is 206 g/mol. The molecule has 0 saturated heterocycles. The maximum atomic E-state index is 13.7. The first-order valence-corrected chi connectivity index (χ1v) is 4.97. The predicted octanol–water partition coefficient (Wildman–Crippen LogP) is 3.12. The number of benzene rings is 1. The molecule has 1 aromatic carbocycles. The van der Waals surface area contributed by atoms with Crippen molar-refractivity contribution >= 4 is 16.6 Å². The second-order valence-corrected chi connectivity index (χ2v) is 4.76. The molecular formula is C12H15FN2. The van der Waals surface area contributed by atoms with Gasteiger partial charge in [-0.1, -0.05) is 6.07 Å². The first kappa shape index (κ1) is 10.0.